The van der Waals surface area contributed by atoms with Crippen molar-refractivity contribution in [3.63, 3.8) is 0 Å². The van der Waals surface area contributed by atoms with Crippen LogP contribution in [0.25, 0.3) is 0 Å². The molecule has 2 fully saturated rings. The number of aliphatic carboxylic acids is 1. The van der Waals surface area contributed by atoms with E-state index in [-0.39, 0.29) is 24.9 Å². The van der Waals surface area contributed by atoms with E-state index >= 15 is 0 Å². The van der Waals surface area contributed by atoms with Crippen molar-refractivity contribution in [3.05, 3.63) is 0 Å². The van der Waals surface area contributed by atoms with Crippen molar-refractivity contribution in [2.24, 2.45) is 5.73 Å². The summed E-state index contributed by atoms with van der Waals surface area (Å²) in [5.41, 5.74) is 5.82. The van der Waals surface area contributed by atoms with E-state index in [2.05, 4.69) is 10.6 Å². The van der Waals surface area contributed by atoms with Gasteiger partial charge in [-0.3, -0.25) is 24.1 Å². The van der Waals surface area contributed by atoms with E-state index in [0.29, 0.717) is 4.90 Å². The van der Waals surface area contributed by atoms with E-state index in [1.165, 1.54) is 0 Å². The molecule has 5 N–H and O–H groups in total. The number of carboxylic acids is 1. The molecule has 0 saturated carbocycles. The topological polar surface area (TPSA) is 142 Å². The normalized spacial score (nSPS) is 25.8. The number of hydrogen-bond donors (Lipinski definition) is 4. The lowest BCUT2D eigenvalue weighted by Gasteiger charge is -2.20. The van der Waals surface area contributed by atoms with Crippen LogP contribution in [0.5, 0.6) is 0 Å². The van der Waals surface area contributed by atoms with E-state index in [1.54, 1.807) is 0 Å². The van der Waals surface area contributed by atoms with Crippen LogP contribution >= 0.6 is 12.4 Å². The zero-order chi connectivity index (χ0) is 15.6. The van der Waals surface area contributed by atoms with Gasteiger partial charge in [-0.25, -0.2) is 0 Å². The molecule has 1 unspecified atom stereocenters. The Kier molecular flexibility index (Phi) is 6.27. The Hall–Kier alpha value is -1.71. The van der Waals surface area contributed by atoms with Gasteiger partial charge in [0.05, 0.1) is 12.5 Å². The number of nitrogens with two attached hydrogens (primary N) is 1. The van der Waals surface area contributed by atoms with Gasteiger partial charge in [0.15, 0.2) is 0 Å². The highest BCUT2D eigenvalue weighted by atomic mass is 35.5. The van der Waals surface area contributed by atoms with Gasteiger partial charge in [-0.05, 0) is 19.4 Å². The predicted molar refractivity (Wildman–Crippen MR) is 77.2 cm³/mol. The van der Waals surface area contributed by atoms with Crippen molar-refractivity contribution < 1.29 is 24.3 Å². The van der Waals surface area contributed by atoms with Crippen molar-refractivity contribution in [1.82, 2.24) is 15.5 Å². The summed E-state index contributed by atoms with van der Waals surface area (Å²) in [5, 5.41) is 14.2. The first-order valence-electron chi connectivity index (χ1n) is 6.75. The number of rotatable bonds is 5. The largest absolute Gasteiger partial charge is 0.480 e. The summed E-state index contributed by atoms with van der Waals surface area (Å²) in [6.45, 7) is 0.0964. The second-order valence-corrected chi connectivity index (χ2v) is 5.21. The number of halogens is 1. The van der Waals surface area contributed by atoms with E-state index in [0.717, 1.165) is 19.4 Å². The molecule has 2 heterocycles. The fraction of sp³-hybridized carbons (Fsp3) is 0.667. The predicted octanol–water partition coefficient (Wildman–Crippen LogP) is -2.18. The molecular formula is C12H19ClN4O5. The third kappa shape index (κ3) is 3.93. The molecule has 10 heteroatoms. The minimum absolute atomic E-state index is 0. The Bertz CT molecular complexity index is 480. The number of nitrogens with zero attached hydrogens (tertiary/aromatic N) is 1. The summed E-state index contributed by atoms with van der Waals surface area (Å²) in [6.07, 6.45) is 1.47. The molecule has 0 aromatic carbocycles. The average Bonchev–Trinajstić information content (AvgIpc) is 3.02. The van der Waals surface area contributed by atoms with Gasteiger partial charge in [0.2, 0.25) is 11.8 Å². The van der Waals surface area contributed by atoms with Crippen LogP contribution < -0.4 is 16.4 Å². The zero-order valence-electron chi connectivity index (χ0n) is 11.8. The Labute approximate surface area is 133 Å². The number of imide groups is 1. The van der Waals surface area contributed by atoms with Crippen LogP contribution in [0.1, 0.15) is 19.3 Å². The van der Waals surface area contributed by atoms with Crippen molar-refractivity contribution >= 4 is 36.1 Å². The maximum Gasteiger partial charge on any atom is 0.323 e. The lowest BCUT2D eigenvalue weighted by atomic mass is 10.1. The Morgan fingerprint density at radius 3 is 2.68 bits per heavy atom. The van der Waals surface area contributed by atoms with Crippen molar-refractivity contribution in [2.45, 2.75) is 37.4 Å². The van der Waals surface area contributed by atoms with Gasteiger partial charge in [0.25, 0.3) is 5.91 Å². The molecule has 2 rings (SSSR count). The molecule has 9 nitrogen and oxygen atoms in total. The van der Waals surface area contributed by atoms with Gasteiger partial charge < -0.3 is 21.5 Å². The molecule has 22 heavy (non-hydrogen) atoms. The highest BCUT2D eigenvalue weighted by molar-refractivity contribution is 6.08. The fourth-order valence-electron chi connectivity index (χ4n) is 2.57. The molecule has 0 bridgehead atoms. The molecule has 2 aliphatic heterocycles. The third-order valence-corrected chi connectivity index (χ3v) is 3.69. The minimum Gasteiger partial charge on any atom is -0.480 e. The van der Waals surface area contributed by atoms with Gasteiger partial charge in [-0.2, -0.15) is 0 Å². The summed E-state index contributed by atoms with van der Waals surface area (Å²) in [6, 6.07) is -1.98. The molecular weight excluding hydrogens is 316 g/mol. The summed E-state index contributed by atoms with van der Waals surface area (Å²) in [5.74, 6) is -3.11. The van der Waals surface area contributed by atoms with Gasteiger partial charge in [-0.1, -0.05) is 0 Å². The second-order valence-electron chi connectivity index (χ2n) is 5.21. The number of carbonyl (C=O) groups excluding carboxylic acids is 3. The second kappa shape index (κ2) is 7.52. The molecule has 3 amide bonds. The first kappa shape index (κ1) is 18.3. The highest BCUT2D eigenvalue weighted by Crippen LogP contribution is 2.14. The standard InChI is InChI=1S/C12H18N4O5.ClH/c13-10(6-2-1-3-14-6)11(20)15-7-4-8(17)16(12(7)21)5-9(18)19;/h6-7,10,14H,1-5,13H2,(H,15,20)(H,18,19);1H/t6?,7-,10-;/m0./s1. The molecule has 0 radical (unpaired) electrons. The first-order chi connectivity index (χ1) is 9.90. The summed E-state index contributed by atoms with van der Waals surface area (Å²) in [7, 11) is 0. The van der Waals surface area contributed by atoms with Gasteiger partial charge in [0.1, 0.15) is 12.6 Å². The highest BCUT2D eigenvalue weighted by Gasteiger charge is 2.41. The monoisotopic (exact) mass is 334 g/mol. The van der Waals surface area contributed by atoms with Crippen LogP contribution in [0, 0.1) is 0 Å². The fourth-order valence-corrected chi connectivity index (χ4v) is 2.57. The molecule has 3 atom stereocenters. The first-order valence-corrected chi connectivity index (χ1v) is 6.75. The lowest BCUT2D eigenvalue weighted by molar-refractivity contribution is -0.148. The summed E-state index contributed by atoms with van der Waals surface area (Å²) in [4.78, 5) is 46.7. The third-order valence-electron chi connectivity index (χ3n) is 3.69. The molecule has 2 saturated heterocycles. The van der Waals surface area contributed by atoms with Gasteiger partial charge >= 0.3 is 5.97 Å². The zero-order valence-corrected chi connectivity index (χ0v) is 12.6. The van der Waals surface area contributed by atoms with E-state index in [4.69, 9.17) is 10.8 Å². The minimum atomic E-state index is -1.28. The number of carbonyl (C=O) groups is 4. The van der Waals surface area contributed by atoms with Gasteiger partial charge in [-0.15, -0.1) is 12.4 Å². The number of nitrogens with one attached hydrogen (secondary N) is 2. The van der Waals surface area contributed by atoms with Crippen molar-refractivity contribution in [2.75, 3.05) is 13.1 Å². The Balaban J connectivity index is 0.00000242. The van der Waals surface area contributed by atoms with Crippen LogP contribution in [-0.4, -0.2) is 64.9 Å². The Morgan fingerprint density at radius 2 is 2.14 bits per heavy atom. The molecule has 0 aromatic rings. The smallest absolute Gasteiger partial charge is 0.323 e. The SMILES string of the molecule is Cl.N[C@H](C(=O)N[C@H]1CC(=O)N(CC(=O)O)C1=O)C1CCCN1. The number of hydrogen-bond acceptors (Lipinski definition) is 6. The molecule has 0 aliphatic carbocycles. The van der Waals surface area contributed by atoms with Crippen LogP contribution in [0.2, 0.25) is 0 Å². The van der Waals surface area contributed by atoms with E-state index in [1.807, 2.05) is 0 Å². The van der Waals surface area contributed by atoms with E-state index in [9.17, 15) is 19.2 Å². The Morgan fingerprint density at radius 1 is 1.45 bits per heavy atom. The van der Waals surface area contributed by atoms with Crippen LogP contribution in [-0.2, 0) is 19.2 Å². The molecule has 2 aliphatic rings. The quantitative estimate of drug-likeness (QED) is 0.418. The molecule has 124 valence electrons. The van der Waals surface area contributed by atoms with Crippen LogP contribution in [0.4, 0.5) is 0 Å². The molecule has 0 aromatic heterocycles. The maximum absolute atomic E-state index is 12.0. The maximum atomic E-state index is 12.0. The van der Waals surface area contributed by atoms with Crippen LogP contribution in [0.3, 0.4) is 0 Å². The van der Waals surface area contributed by atoms with Crippen LogP contribution in [0.15, 0.2) is 0 Å². The molecule has 0 spiro atoms. The average molecular weight is 335 g/mol. The van der Waals surface area contributed by atoms with E-state index < -0.39 is 42.3 Å². The van der Waals surface area contributed by atoms with Crippen molar-refractivity contribution in [1.29, 1.82) is 0 Å². The number of likely N-dealkylation sites (tertiary alicyclic amines) is 1. The lowest BCUT2D eigenvalue weighted by Crippen LogP contribution is -2.55. The van der Waals surface area contributed by atoms with Gasteiger partial charge in [0, 0.05) is 6.04 Å². The number of amides is 3. The van der Waals surface area contributed by atoms with Crippen molar-refractivity contribution in [3.8, 4) is 0 Å². The summed E-state index contributed by atoms with van der Waals surface area (Å²) < 4.78 is 0. The summed E-state index contributed by atoms with van der Waals surface area (Å²) >= 11 is 0. The number of carboxylic acid groups (broad SMARTS) is 1.